The molecule has 0 radical (unpaired) electrons. The Morgan fingerprint density at radius 1 is 0.788 bits per heavy atom. The van der Waals surface area contributed by atoms with Crippen molar-refractivity contribution in [3.63, 3.8) is 0 Å². The average molecular weight is 453 g/mol. The summed E-state index contributed by atoms with van der Waals surface area (Å²) in [7, 11) is 0. The summed E-state index contributed by atoms with van der Waals surface area (Å²) >= 11 is 0. The number of esters is 1. The lowest BCUT2D eigenvalue weighted by Gasteiger charge is -2.19. The Hall–Kier alpha value is -2.13. The van der Waals surface area contributed by atoms with Crippen molar-refractivity contribution in [2.24, 2.45) is 0 Å². The van der Waals surface area contributed by atoms with Crippen molar-refractivity contribution in [2.45, 2.75) is 104 Å². The van der Waals surface area contributed by atoms with Gasteiger partial charge in [0.1, 0.15) is 5.75 Å². The Bertz CT molecular complexity index is 796. The molecule has 0 aliphatic carbocycles. The molecule has 0 fully saturated rings. The Labute approximate surface area is 201 Å². The van der Waals surface area contributed by atoms with Crippen LogP contribution >= 0.6 is 0 Å². The predicted octanol–water partition coefficient (Wildman–Crippen LogP) is 9.03. The Balaban J connectivity index is 1.97. The van der Waals surface area contributed by atoms with E-state index in [1.165, 1.54) is 38.5 Å². The van der Waals surface area contributed by atoms with Gasteiger partial charge in [-0.1, -0.05) is 96.0 Å². The quantitative estimate of drug-likeness (QED) is 0.145. The molecule has 3 heteroatoms. The number of ether oxygens (including phenoxy) is 2. The van der Waals surface area contributed by atoms with E-state index in [0.29, 0.717) is 17.2 Å². The Morgan fingerprint density at radius 3 is 2.18 bits per heavy atom. The molecule has 0 aliphatic rings. The summed E-state index contributed by atoms with van der Waals surface area (Å²) in [5, 5.41) is 0. The molecule has 0 spiro atoms. The summed E-state index contributed by atoms with van der Waals surface area (Å²) in [6.45, 7) is 9.51. The van der Waals surface area contributed by atoms with Crippen molar-refractivity contribution < 1.29 is 14.3 Å². The molecule has 0 aliphatic heterocycles. The fourth-order valence-electron chi connectivity index (χ4n) is 4.28. The van der Waals surface area contributed by atoms with Gasteiger partial charge in [-0.25, -0.2) is 4.79 Å². The van der Waals surface area contributed by atoms with Crippen molar-refractivity contribution in [3.8, 4) is 5.75 Å². The molecule has 0 aromatic heterocycles. The van der Waals surface area contributed by atoms with Crippen LogP contribution in [0.2, 0.25) is 0 Å². The van der Waals surface area contributed by atoms with E-state index in [-0.39, 0.29) is 12.1 Å². The van der Waals surface area contributed by atoms with E-state index >= 15 is 0 Å². The summed E-state index contributed by atoms with van der Waals surface area (Å²) in [4.78, 5) is 12.9. The van der Waals surface area contributed by atoms with Crippen molar-refractivity contribution in [1.29, 1.82) is 0 Å². The normalized spacial score (nSPS) is 13.0. The summed E-state index contributed by atoms with van der Waals surface area (Å²) < 4.78 is 11.9. The second-order valence-electron chi connectivity index (χ2n) is 9.10. The Kier molecular flexibility index (Phi) is 12.9. The van der Waals surface area contributed by atoms with E-state index in [2.05, 4.69) is 33.8 Å². The van der Waals surface area contributed by atoms with Gasteiger partial charge in [0.25, 0.3) is 0 Å². The number of carbonyl (C=O) groups excluding carboxylic acids is 1. The summed E-state index contributed by atoms with van der Waals surface area (Å²) in [5.41, 5.74) is 2.81. The van der Waals surface area contributed by atoms with Crippen LogP contribution in [0.4, 0.5) is 0 Å². The third-order valence-electron chi connectivity index (χ3n) is 6.34. The van der Waals surface area contributed by atoms with Gasteiger partial charge in [0.05, 0.1) is 11.7 Å². The highest BCUT2D eigenvalue weighted by Crippen LogP contribution is 2.34. The number of hydrogen-bond donors (Lipinski definition) is 0. The number of rotatable bonds is 16. The maximum Gasteiger partial charge on any atom is 0.343 e. The third-order valence-corrected chi connectivity index (χ3v) is 6.34. The van der Waals surface area contributed by atoms with Crippen LogP contribution in [0.15, 0.2) is 48.5 Å². The van der Waals surface area contributed by atoms with E-state index in [1.54, 1.807) is 0 Å². The van der Waals surface area contributed by atoms with Gasteiger partial charge in [0.15, 0.2) is 0 Å². The minimum Gasteiger partial charge on any atom is -0.423 e. The molecular formula is C30H44O3. The monoisotopic (exact) mass is 452 g/mol. The zero-order valence-corrected chi connectivity index (χ0v) is 21.3. The lowest BCUT2D eigenvalue weighted by Crippen LogP contribution is -2.12. The first-order valence-corrected chi connectivity index (χ1v) is 13.1. The lowest BCUT2D eigenvalue weighted by molar-refractivity contribution is 0.0626. The fourth-order valence-corrected chi connectivity index (χ4v) is 4.28. The van der Waals surface area contributed by atoms with Crippen LogP contribution in [0.5, 0.6) is 5.75 Å². The van der Waals surface area contributed by atoms with Crippen molar-refractivity contribution >= 4 is 5.97 Å². The molecule has 182 valence electrons. The van der Waals surface area contributed by atoms with Crippen LogP contribution < -0.4 is 4.74 Å². The van der Waals surface area contributed by atoms with Crippen molar-refractivity contribution in [3.05, 3.63) is 65.2 Å². The smallest absolute Gasteiger partial charge is 0.343 e. The van der Waals surface area contributed by atoms with Crippen LogP contribution in [-0.2, 0) is 4.74 Å². The standard InChI is InChI=1S/C30H44O3/c1-5-8-10-11-14-23-32-24(4)25-19-21-27(22-20-25)30(31)33-29-18-13-12-17-28(29)26(15-7-3)16-9-6-2/h12-13,17-22,24,26H,5-11,14-16,23H2,1-4H3. The molecule has 3 nitrogen and oxygen atoms in total. The van der Waals surface area contributed by atoms with Gasteiger partial charge in [-0.15, -0.1) is 0 Å². The van der Waals surface area contributed by atoms with E-state index in [4.69, 9.17) is 9.47 Å². The molecular weight excluding hydrogens is 408 g/mol. The minimum atomic E-state index is -0.302. The topological polar surface area (TPSA) is 35.5 Å². The highest BCUT2D eigenvalue weighted by molar-refractivity contribution is 5.91. The van der Waals surface area contributed by atoms with E-state index in [0.717, 1.165) is 43.4 Å². The van der Waals surface area contributed by atoms with Crippen molar-refractivity contribution in [1.82, 2.24) is 0 Å². The number of benzene rings is 2. The lowest BCUT2D eigenvalue weighted by atomic mass is 9.89. The second kappa shape index (κ2) is 15.7. The van der Waals surface area contributed by atoms with Gasteiger partial charge in [-0.05, 0) is 61.4 Å². The molecule has 2 atom stereocenters. The maximum atomic E-state index is 12.9. The van der Waals surface area contributed by atoms with E-state index in [1.807, 2.05) is 42.5 Å². The Morgan fingerprint density at radius 2 is 1.48 bits per heavy atom. The molecule has 2 aromatic rings. The molecule has 0 N–H and O–H groups in total. The summed E-state index contributed by atoms with van der Waals surface area (Å²) in [6.07, 6.45) is 11.9. The zero-order valence-electron chi connectivity index (χ0n) is 21.3. The highest BCUT2D eigenvalue weighted by atomic mass is 16.5. The van der Waals surface area contributed by atoms with Crippen LogP contribution in [0.25, 0.3) is 0 Å². The molecule has 2 unspecified atom stereocenters. The summed E-state index contributed by atoms with van der Waals surface area (Å²) in [6, 6.07) is 15.7. The van der Waals surface area contributed by atoms with Gasteiger partial charge >= 0.3 is 5.97 Å². The SMILES string of the molecule is CCCCCCCOC(C)c1ccc(C(=O)Oc2ccccc2C(CCC)CCCC)cc1. The van der Waals surface area contributed by atoms with Gasteiger partial charge < -0.3 is 9.47 Å². The van der Waals surface area contributed by atoms with Crippen molar-refractivity contribution in [2.75, 3.05) is 6.61 Å². The molecule has 33 heavy (non-hydrogen) atoms. The largest absolute Gasteiger partial charge is 0.423 e. The number of carbonyl (C=O) groups is 1. The minimum absolute atomic E-state index is 0.0235. The highest BCUT2D eigenvalue weighted by Gasteiger charge is 2.18. The number of para-hydroxylation sites is 1. The molecule has 0 saturated heterocycles. The summed E-state index contributed by atoms with van der Waals surface area (Å²) in [5.74, 6) is 0.825. The molecule has 0 heterocycles. The van der Waals surface area contributed by atoms with Crippen LogP contribution in [-0.4, -0.2) is 12.6 Å². The van der Waals surface area contributed by atoms with Crippen LogP contribution in [0.1, 0.15) is 125 Å². The van der Waals surface area contributed by atoms with Gasteiger partial charge in [-0.2, -0.15) is 0 Å². The van der Waals surface area contributed by atoms with Gasteiger partial charge in [-0.3, -0.25) is 0 Å². The molecule has 2 rings (SSSR count). The first-order chi connectivity index (χ1) is 16.1. The fraction of sp³-hybridized carbons (Fsp3) is 0.567. The van der Waals surface area contributed by atoms with E-state index in [9.17, 15) is 4.79 Å². The molecule has 0 saturated carbocycles. The second-order valence-corrected chi connectivity index (χ2v) is 9.10. The first kappa shape index (κ1) is 27.1. The maximum absolute atomic E-state index is 12.9. The molecule has 0 bridgehead atoms. The van der Waals surface area contributed by atoms with Crippen LogP contribution in [0.3, 0.4) is 0 Å². The van der Waals surface area contributed by atoms with E-state index < -0.39 is 0 Å². The number of hydrogen-bond acceptors (Lipinski definition) is 3. The van der Waals surface area contributed by atoms with Crippen LogP contribution in [0, 0.1) is 0 Å². The number of unbranched alkanes of at least 4 members (excludes halogenated alkanes) is 5. The molecule has 2 aromatic carbocycles. The zero-order chi connectivity index (χ0) is 23.9. The first-order valence-electron chi connectivity index (χ1n) is 13.1. The third kappa shape index (κ3) is 9.33. The van der Waals surface area contributed by atoms with Gasteiger partial charge in [0, 0.05) is 6.61 Å². The predicted molar refractivity (Wildman–Crippen MR) is 138 cm³/mol. The van der Waals surface area contributed by atoms with Gasteiger partial charge in [0.2, 0.25) is 0 Å². The average Bonchev–Trinajstić information content (AvgIpc) is 2.84. The molecule has 0 amide bonds.